The molecule has 2 aromatic carbocycles. The van der Waals surface area contributed by atoms with Crippen molar-refractivity contribution in [1.82, 2.24) is 9.88 Å². The molecule has 1 heterocycles. The largest absolute Gasteiger partial charge is 0.325 e. The zero-order valence-electron chi connectivity index (χ0n) is 13.7. The first-order valence-electron chi connectivity index (χ1n) is 7.79. The molecule has 0 aliphatic heterocycles. The highest BCUT2D eigenvalue weighted by Gasteiger charge is 2.10. The van der Waals surface area contributed by atoms with E-state index in [1.807, 2.05) is 42.3 Å². The van der Waals surface area contributed by atoms with Gasteiger partial charge in [0, 0.05) is 23.8 Å². The Balaban J connectivity index is 1.64. The van der Waals surface area contributed by atoms with E-state index in [-0.39, 0.29) is 12.5 Å². The average Bonchev–Trinajstić information content (AvgIpc) is 2.58. The number of halogens is 2. The Morgan fingerprint density at radius 2 is 1.92 bits per heavy atom. The number of para-hydroxylation sites is 1. The Hall–Kier alpha value is -2.14. The predicted molar refractivity (Wildman–Crippen MR) is 103 cm³/mol. The summed E-state index contributed by atoms with van der Waals surface area (Å²) >= 11 is 11.8. The van der Waals surface area contributed by atoms with Crippen LogP contribution >= 0.6 is 23.2 Å². The van der Waals surface area contributed by atoms with Crippen LogP contribution in [0.15, 0.2) is 54.7 Å². The topological polar surface area (TPSA) is 45.2 Å². The molecule has 3 rings (SSSR count). The molecule has 1 N–H and O–H groups in total. The van der Waals surface area contributed by atoms with E-state index in [2.05, 4.69) is 10.3 Å². The van der Waals surface area contributed by atoms with Gasteiger partial charge in [-0.15, -0.1) is 0 Å². The quantitative estimate of drug-likeness (QED) is 0.709. The molecule has 6 heteroatoms. The Morgan fingerprint density at radius 3 is 2.72 bits per heavy atom. The van der Waals surface area contributed by atoms with Crippen molar-refractivity contribution < 1.29 is 4.79 Å². The van der Waals surface area contributed by atoms with E-state index in [1.54, 1.807) is 24.4 Å². The van der Waals surface area contributed by atoms with Crippen LogP contribution in [0.25, 0.3) is 10.9 Å². The van der Waals surface area contributed by atoms with E-state index in [1.165, 1.54) is 0 Å². The fourth-order valence-corrected chi connectivity index (χ4v) is 2.96. The van der Waals surface area contributed by atoms with E-state index < -0.39 is 0 Å². The monoisotopic (exact) mass is 373 g/mol. The molecule has 4 nitrogen and oxygen atoms in total. The Labute approximate surface area is 156 Å². The summed E-state index contributed by atoms with van der Waals surface area (Å²) in [4.78, 5) is 18.6. The molecule has 1 amide bonds. The number of hydrogen-bond acceptors (Lipinski definition) is 3. The van der Waals surface area contributed by atoms with Crippen LogP contribution in [-0.2, 0) is 11.3 Å². The van der Waals surface area contributed by atoms with Crippen LogP contribution in [0.1, 0.15) is 5.56 Å². The van der Waals surface area contributed by atoms with Gasteiger partial charge in [-0.2, -0.15) is 0 Å². The van der Waals surface area contributed by atoms with Crippen molar-refractivity contribution in [3.63, 3.8) is 0 Å². The lowest BCUT2D eigenvalue weighted by Gasteiger charge is -2.17. The molecular formula is C19H17Cl2N3O. The summed E-state index contributed by atoms with van der Waals surface area (Å²) < 4.78 is 0. The number of nitrogens with one attached hydrogen (secondary N) is 1. The maximum absolute atomic E-state index is 12.2. The van der Waals surface area contributed by atoms with E-state index in [0.29, 0.717) is 22.3 Å². The first kappa shape index (κ1) is 17.7. The van der Waals surface area contributed by atoms with Crippen molar-refractivity contribution in [2.45, 2.75) is 6.54 Å². The van der Waals surface area contributed by atoms with Gasteiger partial charge in [0.2, 0.25) is 5.91 Å². The minimum absolute atomic E-state index is 0.117. The van der Waals surface area contributed by atoms with Crippen LogP contribution in [-0.4, -0.2) is 29.4 Å². The maximum Gasteiger partial charge on any atom is 0.238 e. The lowest BCUT2D eigenvalue weighted by Crippen LogP contribution is -2.29. The minimum Gasteiger partial charge on any atom is -0.325 e. The second-order valence-electron chi connectivity index (χ2n) is 5.84. The highest BCUT2D eigenvalue weighted by molar-refractivity contribution is 6.42. The van der Waals surface area contributed by atoms with Gasteiger partial charge in [-0.1, -0.05) is 47.5 Å². The highest BCUT2D eigenvalue weighted by Crippen LogP contribution is 2.25. The number of rotatable bonds is 5. The van der Waals surface area contributed by atoms with Gasteiger partial charge in [0.15, 0.2) is 0 Å². The van der Waals surface area contributed by atoms with Gasteiger partial charge in [0.1, 0.15) is 0 Å². The lowest BCUT2D eigenvalue weighted by atomic mass is 10.1. The number of aromatic nitrogens is 1. The number of carbonyl (C=O) groups excluding carboxylic acids is 1. The van der Waals surface area contributed by atoms with Gasteiger partial charge in [-0.3, -0.25) is 14.7 Å². The van der Waals surface area contributed by atoms with Crippen molar-refractivity contribution in [1.29, 1.82) is 0 Å². The molecule has 0 saturated heterocycles. The molecule has 0 aliphatic carbocycles. The second kappa shape index (κ2) is 7.83. The number of nitrogens with zero attached hydrogens (tertiary/aromatic N) is 2. The normalized spacial score (nSPS) is 11.0. The van der Waals surface area contributed by atoms with Crippen molar-refractivity contribution in [2.24, 2.45) is 0 Å². The number of fused-ring (bicyclic) bond motifs is 1. The summed E-state index contributed by atoms with van der Waals surface area (Å²) in [5.41, 5.74) is 2.67. The fraction of sp³-hybridized carbons (Fsp3) is 0.158. The van der Waals surface area contributed by atoms with Gasteiger partial charge in [-0.25, -0.2) is 0 Å². The Morgan fingerprint density at radius 1 is 1.12 bits per heavy atom. The SMILES string of the molecule is CN(CC(=O)Nc1ccc(Cl)c(Cl)c1)Cc1cccc2cccnc12. The van der Waals surface area contributed by atoms with E-state index in [0.717, 1.165) is 16.5 Å². The van der Waals surface area contributed by atoms with Gasteiger partial charge < -0.3 is 5.32 Å². The van der Waals surface area contributed by atoms with Crippen molar-refractivity contribution in [3.05, 3.63) is 70.3 Å². The van der Waals surface area contributed by atoms with E-state index >= 15 is 0 Å². The van der Waals surface area contributed by atoms with Crippen molar-refractivity contribution in [3.8, 4) is 0 Å². The minimum atomic E-state index is -0.117. The molecule has 0 unspecified atom stereocenters. The molecule has 0 spiro atoms. The average molecular weight is 374 g/mol. The summed E-state index contributed by atoms with van der Waals surface area (Å²) in [5, 5.41) is 4.79. The molecule has 1 aromatic heterocycles. The molecule has 25 heavy (non-hydrogen) atoms. The Kier molecular flexibility index (Phi) is 5.53. The summed E-state index contributed by atoms with van der Waals surface area (Å²) in [6.45, 7) is 0.882. The van der Waals surface area contributed by atoms with Crippen LogP contribution in [0.2, 0.25) is 10.0 Å². The smallest absolute Gasteiger partial charge is 0.238 e. The summed E-state index contributed by atoms with van der Waals surface area (Å²) in [7, 11) is 1.90. The first-order chi connectivity index (χ1) is 12.0. The van der Waals surface area contributed by atoms with Crippen LogP contribution in [0.5, 0.6) is 0 Å². The molecular weight excluding hydrogens is 357 g/mol. The predicted octanol–water partition coefficient (Wildman–Crippen LogP) is 4.61. The third kappa shape index (κ3) is 4.48. The fourth-order valence-electron chi connectivity index (χ4n) is 2.66. The number of likely N-dealkylation sites (N-methyl/N-ethyl adjacent to an activating group) is 1. The zero-order chi connectivity index (χ0) is 17.8. The number of amides is 1. The number of anilines is 1. The molecule has 0 fully saturated rings. The maximum atomic E-state index is 12.2. The van der Waals surface area contributed by atoms with Gasteiger partial charge >= 0.3 is 0 Å². The highest BCUT2D eigenvalue weighted by atomic mass is 35.5. The van der Waals surface area contributed by atoms with E-state index in [4.69, 9.17) is 23.2 Å². The molecule has 0 atom stereocenters. The first-order valence-corrected chi connectivity index (χ1v) is 8.54. The lowest BCUT2D eigenvalue weighted by molar-refractivity contribution is -0.117. The van der Waals surface area contributed by atoms with E-state index in [9.17, 15) is 4.79 Å². The molecule has 0 radical (unpaired) electrons. The standard InChI is InChI=1S/C19H17Cl2N3O/c1-24(11-14-5-2-4-13-6-3-9-22-19(13)14)12-18(25)23-15-7-8-16(20)17(21)10-15/h2-10H,11-12H2,1H3,(H,23,25). The summed E-state index contributed by atoms with van der Waals surface area (Å²) in [6.07, 6.45) is 1.78. The third-order valence-corrected chi connectivity index (χ3v) is 4.51. The zero-order valence-corrected chi connectivity index (χ0v) is 15.2. The number of benzene rings is 2. The van der Waals surface area contributed by atoms with Gasteiger partial charge in [0.25, 0.3) is 0 Å². The molecule has 0 bridgehead atoms. The summed E-state index contributed by atoms with van der Waals surface area (Å²) in [5.74, 6) is -0.117. The van der Waals surface area contributed by atoms with Gasteiger partial charge in [0.05, 0.1) is 22.1 Å². The molecule has 0 saturated carbocycles. The Bertz CT molecular complexity index is 909. The van der Waals surface area contributed by atoms with Crippen LogP contribution < -0.4 is 5.32 Å². The van der Waals surface area contributed by atoms with Crippen LogP contribution in [0.3, 0.4) is 0 Å². The molecule has 128 valence electrons. The van der Waals surface area contributed by atoms with Gasteiger partial charge in [-0.05, 0) is 36.9 Å². The summed E-state index contributed by atoms with van der Waals surface area (Å²) in [6, 6.07) is 15.0. The number of pyridine rings is 1. The number of hydrogen-bond donors (Lipinski definition) is 1. The van der Waals surface area contributed by atoms with Crippen molar-refractivity contribution in [2.75, 3.05) is 18.9 Å². The number of carbonyl (C=O) groups is 1. The second-order valence-corrected chi connectivity index (χ2v) is 6.66. The molecule has 0 aliphatic rings. The third-order valence-electron chi connectivity index (χ3n) is 3.77. The van der Waals surface area contributed by atoms with Crippen molar-refractivity contribution >= 4 is 45.7 Å². The van der Waals surface area contributed by atoms with Crippen LogP contribution in [0, 0.1) is 0 Å². The molecule has 3 aromatic rings. The van der Waals surface area contributed by atoms with Crippen LogP contribution in [0.4, 0.5) is 5.69 Å².